The smallest absolute Gasteiger partial charge is 0.160 e. The van der Waals surface area contributed by atoms with Crippen molar-refractivity contribution in [3.05, 3.63) is 170 Å². The van der Waals surface area contributed by atoms with E-state index < -0.39 is 0 Å². The minimum absolute atomic E-state index is 0.721. The summed E-state index contributed by atoms with van der Waals surface area (Å²) >= 11 is 1.89. The molecule has 0 aliphatic carbocycles. The number of hydrogen-bond acceptors (Lipinski definition) is 3. The molecule has 0 N–H and O–H groups in total. The molecule has 2 heterocycles. The summed E-state index contributed by atoms with van der Waals surface area (Å²) in [5.74, 6) is 0.721. The molecule has 0 aliphatic rings. The van der Waals surface area contributed by atoms with Crippen LogP contribution in [0.5, 0.6) is 0 Å². The maximum absolute atomic E-state index is 5.07. The van der Waals surface area contributed by atoms with Crippen molar-refractivity contribution in [2.45, 2.75) is 0 Å². The van der Waals surface area contributed by atoms with Crippen LogP contribution in [0.2, 0.25) is 0 Å². The van der Waals surface area contributed by atoms with E-state index >= 15 is 0 Å². The Morgan fingerprint density at radius 2 is 0.979 bits per heavy atom. The molecule has 2 nitrogen and oxygen atoms in total. The standard InChI is InChI=1S/C44H28N2S/c1-3-13-30(14-4-1)39-28-40(46-44(45-39)31-15-5-2-6-16-31)35-20-10-18-33(27-35)32-17-9-19-34(26-32)36-22-11-23-41-42(36)38-25-24-29-12-7-8-21-37(29)43(38)47-41/h1-28H. The van der Waals surface area contributed by atoms with Crippen molar-refractivity contribution in [3.63, 3.8) is 0 Å². The first kappa shape index (κ1) is 27.4. The van der Waals surface area contributed by atoms with Crippen molar-refractivity contribution < 1.29 is 0 Å². The van der Waals surface area contributed by atoms with E-state index in [-0.39, 0.29) is 0 Å². The lowest BCUT2D eigenvalue weighted by Gasteiger charge is -2.11. The van der Waals surface area contributed by atoms with Crippen molar-refractivity contribution in [3.8, 4) is 56.2 Å². The van der Waals surface area contributed by atoms with Crippen LogP contribution in [0.25, 0.3) is 87.1 Å². The van der Waals surface area contributed by atoms with Gasteiger partial charge in [0.05, 0.1) is 11.4 Å². The summed E-state index contributed by atoms with van der Waals surface area (Å²) in [7, 11) is 0. The first-order valence-electron chi connectivity index (χ1n) is 15.8. The third kappa shape index (κ3) is 4.98. The molecule has 9 aromatic rings. The number of benzene rings is 7. The summed E-state index contributed by atoms with van der Waals surface area (Å²) in [6.45, 7) is 0. The second-order valence-electron chi connectivity index (χ2n) is 11.8. The minimum atomic E-state index is 0.721. The summed E-state index contributed by atoms with van der Waals surface area (Å²) in [4.78, 5) is 10.0. The van der Waals surface area contributed by atoms with E-state index in [0.717, 1.165) is 39.5 Å². The second-order valence-corrected chi connectivity index (χ2v) is 12.9. The van der Waals surface area contributed by atoms with Gasteiger partial charge in [0.1, 0.15) is 0 Å². The van der Waals surface area contributed by atoms with Crippen molar-refractivity contribution in [2.24, 2.45) is 0 Å². The molecule has 0 aliphatic heterocycles. The molecule has 0 spiro atoms. The summed E-state index contributed by atoms with van der Waals surface area (Å²) < 4.78 is 2.66. The monoisotopic (exact) mass is 616 g/mol. The molecular formula is C44H28N2S. The first-order valence-corrected chi connectivity index (χ1v) is 16.6. The highest BCUT2D eigenvalue weighted by Gasteiger charge is 2.15. The Kier molecular flexibility index (Phi) is 6.69. The highest BCUT2D eigenvalue weighted by atomic mass is 32.1. The van der Waals surface area contributed by atoms with Crippen molar-refractivity contribution >= 4 is 42.3 Å². The number of hydrogen-bond donors (Lipinski definition) is 0. The van der Waals surface area contributed by atoms with Gasteiger partial charge in [0, 0.05) is 36.9 Å². The van der Waals surface area contributed by atoms with Gasteiger partial charge in [0.2, 0.25) is 0 Å². The highest BCUT2D eigenvalue weighted by molar-refractivity contribution is 7.26. The average molecular weight is 617 g/mol. The molecule has 220 valence electrons. The first-order chi connectivity index (χ1) is 23.3. The van der Waals surface area contributed by atoms with Gasteiger partial charge in [0.25, 0.3) is 0 Å². The number of fused-ring (bicyclic) bond motifs is 5. The fraction of sp³-hybridized carbons (Fsp3) is 0. The van der Waals surface area contributed by atoms with Gasteiger partial charge in [-0.3, -0.25) is 0 Å². The molecule has 0 fully saturated rings. The van der Waals surface area contributed by atoms with Crippen LogP contribution in [0.4, 0.5) is 0 Å². The predicted molar refractivity (Wildman–Crippen MR) is 200 cm³/mol. The van der Waals surface area contributed by atoms with Gasteiger partial charge in [0.15, 0.2) is 5.82 Å². The van der Waals surface area contributed by atoms with Gasteiger partial charge in [-0.1, -0.05) is 146 Å². The Balaban J connectivity index is 1.15. The number of thiophene rings is 1. The van der Waals surface area contributed by atoms with E-state index in [1.807, 2.05) is 35.6 Å². The normalized spacial score (nSPS) is 11.4. The zero-order valence-electron chi connectivity index (χ0n) is 25.5. The zero-order valence-corrected chi connectivity index (χ0v) is 26.3. The van der Waals surface area contributed by atoms with Gasteiger partial charge in [-0.25, -0.2) is 9.97 Å². The Bertz CT molecular complexity index is 2510. The van der Waals surface area contributed by atoms with Crippen LogP contribution in [0.15, 0.2) is 170 Å². The van der Waals surface area contributed by atoms with E-state index in [9.17, 15) is 0 Å². The van der Waals surface area contributed by atoms with E-state index in [1.54, 1.807) is 0 Å². The molecule has 9 rings (SSSR count). The minimum Gasteiger partial charge on any atom is -0.228 e. The van der Waals surface area contributed by atoms with Gasteiger partial charge < -0.3 is 0 Å². The Morgan fingerprint density at radius 3 is 1.77 bits per heavy atom. The van der Waals surface area contributed by atoms with Gasteiger partial charge in [-0.05, 0) is 57.3 Å². The number of nitrogens with zero attached hydrogens (tertiary/aromatic N) is 2. The molecule has 0 saturated carbocycles. The third-order valence-electron chi connectivity index (χ3n) is 8.88. The molecule has 0 bridgehead atoms. The maximum Gasteiger partial charge on any atom is 0.160 e. The summed E-state index contributed by atoms with van der Waals surface area (Å²) in [5.41, 5.74) is 9.74. The van der Waals surface area contributed by atoms with E-state index in [0.29, 0.717) is 0 Å². The summed E-state index contributed by atoms with van der Waals surface area (Å²) in [6.07, 6.45) is 0. The van der Waals surface area contributed by atoms with Crippen LogP contribution in [-0.2, 0) is 0 Å². The van der Waals surface area contributed by atoms with Crippen LogP contribution in [0.1, 0.15) is 0 Å². The van der Waals surface area contributed by atoms with Crippen LogP contribution >= 0.6 is 11.3 Å². The van der Waals surface area contributed by atoms with E-state index in [2.05, 4.69) is 146 Å². The van der Waals surface area contributed by atoms with Crippen molar-refractivity contribution in [1.82, 2.24) is 9.97 Å². The molecule has 0 amide bonds. The SMILES string of the molecule is c1ccc(-c2cc(-c3cccc(-c4cccc(-c5cccc6sc7c8ccccc8ccc7c56)c4)c3)nc(-c3ccccc3)n2)cc1. The molecule has 0 saturated heterocycles. The second kappa shape index (κ2) is 11.5. The van der Waals surface area contributed by atoms with Crippen molar-refractivity contribution in [1.29, 1.82) is 0 Å². The quantitative estimate of drug-likeness (QED) is 0.192. The van der Waals surface area contributed by atoms with Crippen LogP contribution < -0.4 is 0 Å². The van der Waals surface area contributed by atoms with Crippen LogP contribution in [0, 0.1) is 0 Å². The van der Waals surface area contributed by atoms with Gasteiger partial charge in [-0.15, -0.1) is 11.3 Å². The lowest BCUT2D eigenvalue weighted by atomic mass is 9.94. The zero-order chi connectivity index (χ0) is 31.2. The molecule has 3 heteroatoms. The number of aromatic nitrogens is 2. The summed E-state index contributed by atoms with van der Waals surface area (Å²) in [5, 5.41) is 5.25. The Morgan fingerprint density at radius 1 is 0.383 bits per heavy atom. The molecule has 47 heavy (non-hydrogen) atoms. The lowest BCUT2D eigenvalue weighted by Crippen LogP contribution is -1.96. The fourth-order valence-electron chi connectivity index (χ4n) is 6.59. The van der Waals surface area contributed by atoms with Gasteiger partial charge in [-0.2, -0.15) is 0 Å². The van der Waals surface area contributed by atoms with Crippen LogP contribution in [0.3, 0.4) is 0 Å². The largest absolute Gasteiger partial charge is 0.228 e. The number of rotatable bonds is 5. The predicted octanol–water partition coefficient (Wildman–Crippen LogP) is 12.3. The van der Waals surface area contributed by atoms with E-state index in [4.69, 9.17) is 9.97 Å². The molecule has 0 radical (unpaired) electrons. The molecule has 0 atom stereocenters. The van der Waals surface area contributed by atoms with Crippen LogP contribution in [-0.4, -0.2) is 9.97 Å². The molecule has 2 aromatic heterocycles. The van der Waals surface area contributed by atoms with Crippen molar-refractivity contribution in [2.75, 3.05) is 0 Å². The average Bonchev–Trinajstić information content (AvgIpc) is 3.55. The van der Waals surface area contributed by atoms with Gasteiger partial charge >= 0.3 is 0 Å². The van der Waals surface area contributed by atoms with E-state index in [1.165, 1.54) is 47.6 Å². The molecular weight excluding hydrogens is 589 g/mol. The fourth-order valence-corrected chi connectivity index (χ4v) is 7.85. The topological polar surface area (TPSA) is 25.8 Å². The highest BCUT2D eigenvalue weighted by Crippen LogP contribution is 2.43. The molecule has 7 aromatic carbocycles. The summed E-state index contributed by atoms with van der Waals surface area (Å²) in [6, 6.07) is 60.2. The molecule has 0 unspecified atom stereocenters. The Labute approximate surface area is 277 Å². The Hall–Kier alpha value is -5.90. The third-order valence-corrected chi connectivity index (χ3v) is 10.1. The maximum atomic E-state index is 5.07. The lowest BCUT2D eigenvalue weighted by molar-refractivity contribution is 1.18.